The third-order valence-corrected chi connectivity index (χ3v) is 1.47. The minimum absolute atomic E-state index is 0.0173. The van der Waals surface area contributed by atoms with Gasteiger partial charge in [-0.3, -0.25) is 0 Å². The third-order valence-electron chi connectivity index (χ3n) is 1.47. The summed E-state index contributed by atoms with van der Waals surface area (Å²) in [4.78, 5) is 12.6. The van der Waals surface area contributed by atoms with Crippen molar-refractivity contribution in [3.63, 3.8) is 0 Å². The van der Waals surface area contributed by atoms with E-state index in [0.717, 1.165) is 13.1 Å². The van der Waals surface area contributed by atoms with Crippen molar-refractivity contribution in [2.24, 2.45) is 0 Å². The Kier molecular flexibility index (Phi) is 2.50. The van der Waals surface area contributed by atoms with E-state index in [1.165, 1.54) is 0 Å². The van der Waals surface area contributed by atoms with Crippen molar-refractivity contribution in [2.45, 2.75) is 0 Å². The number of aliphatic hydroxyl groups is 2. The van der Waals surface area contributed by atoms with Gasteiger partial charge < -0.3 is 15.0 Å². The molecule has 0 radical (unpaired) electrons. The fourth-order valence-electron chi connectivity index (χ4n) is 0.916. The number of nitrogens with zero attached hydrogens (tertiary/aromatic N) is 1. The first kappa shape index (κ1) is 7.34. The summed E-state index contributed by atoms with van der Waals surface area (Å²) in [5.74, 6) is 0. The molecule has 2 N–H and O–H groups in total. The number of amides is 2. The van der Waals surface area contributed by atoms with Crippen molar-refractivity contribution >= 4 is 6.03 Å². The van der Waals surface area contributed by atoms with Crippen molar-refractivity contribution in [1.29, 1.82) is 0 Å². The Morgan fingerprint density at radius 3 is 3.10 bits per heavy atom. The first-order chi connectivity index (χ1) is 4.84. The molecular weight excluding hydrogens is 132 g/mol. The summed E-state index contributed by atoms with van der Waals surface area (Å²) < 4.78 is 3.66. The van der Waals surface area contributed by atoms with Gasteiger partial charge >= 0.3 is 6.03 Å². The maximum absolute atomic E-state index is 10.8. The molecule has 1 rings (SSSR count). The Morgan fingerprint density at radius 1 is 1.80 bits per heavy atom. The van der Waals surface area contributed by atoms with Gasteiger partial charge in [0.1, 0.15) is 6.61 Å². The molecule has 0 atom stereocenters. The minimum Gasteiger partial charge on any atom is -0.580 e. The molecule has 0 aromatic heterocycles. The number of carbonyl (C=O) groups is 1. The van der Waals surface area contributed by atoms with E-state index in [4.69, 9.17) is 0 Å². The number of carbonyl (C=O) groups excluding carboxylic acids is 1. The molecule has 0 bridgehead atoms. The largest absolute Gasteiger partial charge is 0.580 e. The highest BCUT2D eigenvalue weighted by atomic mass is 16.5. The van der Waals surface area contributed by atoms with E-state index in [0.29, 0.717) is 13.2 Å². The summed E-state index contributed by atoms with van der Waals surface area (Å²) >= 11 is 0. The Bertz CT molecular complexity index is 127. The summed E-state index contributed by atoms with van der Waals surface area (Å²) in [6, 6.07) is 0.0173. The van der Waals surface area contributed by atoms with Gasteiger partial charge in [0.15, 0.2) is 0 Å². The second-order valence-electron chi connectivity index (χ2n) is 2.17. The predicted octanol–water partition coefficient (Wildman–Crippen LogP) is -0.669. The average Bonchev–Trinajstić information content (AvgIpc) is 2.31. The Hall–Kier alpha value is -0.770. The predicted molar refractivity (Wildman–Crippen MR) is 37.4 cm³/mol. The van der Waals surface area contributed by atoms with Gasteiger partial charge in [-0.25, -0.2) is 4.79 Å². The number of rotatable bonds is 3. The van der Waals surface area contributed by atoms with Crippen LogP contribution in [0.2, 0.25) is 0 Å². The van der Waals surface area contributed by atoms with Crippen LogP contribution in [-0.2, 0) is 0 Å². The highest BCUT2D eigenvalue weighted by molar-refractivity contribution is 5.76. The molecule has 1 aliphatic heterocycles. The van der Waals surface area contributed by atoms with Crippen molar-refractivity contribution < 1.29 is 9.53 Å². The van der Waals surface area contributed by atoms with Gasteiger partial charge in [-0.15, -0.1) is 0 Å². The van der Waals surface area contributed by atoms with Crippen LogP contribution in [0.4, 0.5) is 4.79 Å². The number of ether oxygens (including phenoxy) is 1. The highest BCUT2D eigenvalue weighted by Crippen LogP contribution is 1.94. The lowest BCUT2D eigenvalue weighted by molar-refractivity contribution is 0.0452. The molecule has 0 saturated carbocycles. The molecule has 1 saturated heterocycles. The summed E-state index contributed by atoms with van der Waals surface area (Å²) in [6.45, 7) is 2.88. The fraction of sp³-hybridized carbons (Fsp3) is 0.667. The van der Waals surface area contributed by atoms with E-state index in [1.54, 1.807) is 4.90 Å². The van der Waals surface area contributed by atoms with Gasteiger partial charge in [-0.1, -0.05) is 7.11 Å². The maximum Gasteiger partial charge on any atom is 0.317 e. The topological polar surface area (TPSA) is 45.1 Å². The quantitative estimate of drug-likeness (QED) is 0.414. The third kappa shape index (κ3) is 1.60. The average molecular weight is 144 g/mol. The van der Waals surface area contributed by atoms with Crippen LogP contribution >= 0.6 is 0 Å². The molecule has 0 aromatic rings. The van der Waals surface area contributed by atoms with Crippen molar-refractivity contribution in [3.05, 3.63) is 7.11 Å². The lowest BCUT2D eigenvalue weighted by Crippen LogP contribution is -2.31. The van der Waals surface area contributed by atoms with Gasteiger partial charge in [0, 0.05) is 13.1 Å². The Labute approximate surface area is 60.1 Å². The molecule has 1 heterocycles. The van der Waals surface area contributed by atoms with Crippen LogP contribution in [0.1, 0.15) is 0 Å². The first-order valence-corrected chi connectivity index (χ1v) is 3.30. The molecule has 2 amide bonds. The molecule has 0 aliphatic carbocycles. The molecule has 58 valence electrons. The smallest absolute Gasteiger partial charge is 0.317 e. The van der Waals surface area contributed by atoms with Gasteiger partial charge in [-0.05, 0) is 0 Å². The van der Waals surface area contributed by atoms with Gasteiger partial charge in [0.05, 0.1) is 6.54 Å². The van der Waals surface area contributed by atoms with Crippen LogP contribution in [0.3, 0.4) is 0 Å². The van der Waals surface area contributed by atoms with E-state index in [1.807, 2.05) is 0 Å². The molecule has 10 heavy (non-hydrogen) atoms. The molecule has 1 fully saturated rings. The van der Waals surface area contributed by atoms with Gasteiger partial charge in [0.25, 0.3) is 0 Å². The molecule has 1 aliphatic rings. The lowest BCUT2D eigenvalue weighted by atomic mass is 10.5. The van der Waals surface area contributed by atoms with E-state index >= 15 is 0 Å². The van der Waals surface area contributed by atoms with E-state index in [-0.39, 0.29) is 6.03 Å². The molecule has 0 unspecified atom stereocenters. The van der Waals surface area contributed by atoms with Crippen molar-refractivity contribution in [2.75, 3.05) is 26.2 Å². The van der Waals surface area contributed by atoms with Gasteiger partial charge in [0.2, 0.25) is 0 Å². The highest BCUT2D eigenvalue weighted by Gasteiger charge is 2.18. The molecule has 0 aromatic carbocycles. The van der Waals surface area contributed by atoms with Crippen molar-refractivity contribution in [3.8, 4) is 0 Å². The zero-order valence-electron chi connectivity index (χ0n) is 5.84. The Balaban J connectivity index is 2.20. The molecule has 4 nitrogen and oxygen atoms in total. The molecular formula is C6H12N2O2. The molecule has 0 spiro atoms. The summed E-state index contributed by atoms with van der Waals surface area (Å²) in [6.07, 6.45) is 0. The second kappa shape index (κ2) is 3.41. The maximum atomic E-state index is 10.8. The first-order valence-electron chi connectivity index (χ1n) is 3.30. The summed E-state index contributed by atoms with van der Waals surface area (Å²) in [7, 11) is 3.34. The van der Waals surface area contributed by atoms with E-state index < -0.39 is 0 Å². The van der Waals surface area contributed by atoms with Crippen LogP contribution in [-0.4, -0.2) is 41.9 Å². The number of hydrogen-bond donors (Lipinski definition) is 1. The minimum atomic E-state index is 0.0173. The van der Waals surface area contributed by atoms with E-state index in [2.05, 4.69) is 17.2 Å². The molecule has 4 heteroatoms. The standard InChI is InChI=1S/C6H12N2O2/c1-10-5-4-8-3-2-7-6(8)9/h10H,1-5H2,(H,7,9). The van der Waals surface area contributed by atoms with Crippen LogP contribution in [0.25, 0.3) is 0 Å². The SMILES string of the molecule is [CH2-][OH+]CCN1CCNC1=O. The van der Waals surface area contributed by atoms with Crippen LogP contribution < -0.4 is 5.32 Å². The van der Waals surface area contributed by atoms with Gasteiger partial charge in [-0.2, -0.15) is 0 Å². The normalized spacial score (nSPS) is 17.7. The lowest BCUT2D eigenvalue weighted by Gasteiger charge is -2.11. The summed E-state index contributed by atoms with van der Waals surface area (Å²) in [5, 5.41) is 2.70. The Morgan fingerprint density at radius 2 is 2.60 bits per heavy atom. The number of nitrogens with one attached hydrogen (secondary N) is 1. The number of hydrogen-bond acceptors (Lipinski definition) is 1. The zero-order valence-corrected chi connectivity index (χ0v) is 5.84. The van der Waals surface area contributed by atoms with Crippen LogP contribution in [0.5, 0.6) is 0 Å². The summed E-state index contributed by atoms with van der Waals surface area (Å²) in [5.41, 5.74) is 0. The monoisotopic (exact) mass is 144 g/mol. The van der Waals surface area contributed by atoms with Crippen LogP contribution in [0, 0.1) is 7.11 Å². The second-order valence-corrected chi connectivity index (χ2v) is 2.17. The van der Waals surface area contributed by atoms with Crippen LogP contribution in [0.15, 0.2) is 0 Å². The van der Waals surface area contributed by atoms with E-state index in [9.17, 15) is 4.79 Å². The fourth-order valence-corrected chi connectivity index (χ4v) is 0.916. The zero-order chi connectivity index (χ0) is 7.40. The van der Waals surface area contributed by atoms with Crippen molar-refractivity contribution in [1.82, 2.24) is 10.2 Å². The number of urea groups is 1.